The molecule has 0 spiro atoms. The second-order valence-corrected chi connectivity index (χ2v) is 18.0. The van der Waals surface area contributed by atoms with Gasteiger partial charge in [-0.3, -0.25) is 0 Å². The van der Waals surface area contributed by atoms with Crippen LogP contribution in [0.5, 0.6) is 23.0 Å². The van der Waals surface area contributed by atoms with Gasteiger partial charge in [-0.2, -0.15) is 0 Å². The van der Waals surface area contributed by atoms with Gasteiger partial charge in [0.15, 0.2) is 0 Å². The Bertz CT molecular complexity index is 1840. The lowest BCUT2D eigenvalue weighted by molar-refractivity contribution is 0.275. The Morgan fingerprint density at radius 2 is 0.633 bits per heavy atom. The maximum atomic E-state index is 11.9. The molecule has 0 aromatic heterocycles. The average molecular weight is 667 g/mol. The lowest BCUT2D eigenvalue weighted by atomic mass is 9.80. The van der Waals surface area contributed by atoms with Crippen LogP contribution in [0.1, 0.15) is 144 Å². The van der Waals surface area contributed by atoms with Crippen LogP contribution in [-0.4, -0.2) is 25.5 Å². The van der Waals surface area contributed by atoms with E-state index in [1.165, 1.54) is 0 Å². The van der Waals surface area contributed by atoms with Gasteiger partial charge in [-0.1, -0.05) is 126 Å². The Morgan fingerprint density at radius 3 is 0.939 bits per heavy atom. The van der Waals surface area contributed by atoms with E-state index >= 15 is 0 Å². The van der Waals surface area contributed by atoms with Gasteiger partial charge in [-0.05, 0) is 89.4 Å². The molecule has 0 bridgehead atoms. The lowest BCUT2D eigenvalue weighted by Crippen LogP contribution is -2.14. The van der Waals surface area contributed by atoms with E-state index in [4.69, 9.17) is 0 Å². The van der Waals surface area contributed by atoms with E-state index in [2.05, 4.69) is 83.1 Å². The van der Waals surface area contributed by atoms with Crippen molar-refractivity contribution >= 4 is 0 Å². The second kappa shape index (κ2) is 13.4. The van der Waals surface area contributed by atoms with E-state index < -0.39 is 0 Å². The molecule has 5 nitrogen and oxygen atoms in total. The molecule has 49 heavy (non-hydrogen) atoms. The van der Waals surface area contributed by atoms with Crippen molar-refractivity contribution in [2.45, 2.75) is 131 Å². The van der Waals surface area contributed by atoms with Crippen LogP contribution >= 0.6 is 0 Å². The monoisotopic (exact) mass is 666 g/mol. The Labute approximate surface area is 294 Å². The van der Waals surface area contributed by atoms with Crippen molar-refractivity contribution in [2.24, 2.45) is 0 Å². The molecule has 4 aromatic rings. The van der Waals surface area contributed by atoms with Gasteiger partial charge < -0.3 is 25.5 Å². The number of hydrogen-bond donors (Lipinski definition) is 5. The first-order chi connectivity index (χ1) is 22.4. The fourth-order valence-electron chi connectivity index (χ4n) is 6.18. The Morgan fingerprint density at radius 1 is 0.367 bits per heavy atom. The van der Waals surface area contributed by atoms with Crippen LogP contribution in [0, 0.1) is 0 Å². The van der Waals surface area contributed by atoms with Gasteiger partial charge in [0.25, 0.3) is 0 Å². The molecule has 0 unspecified atom stereocenters. The normalized spacial score (nSPS) is 12.8. The summed E-state index contributed by atoms with van der Waals surface area (Å²) in [6, 6.07) is 17.6. The molecular weight excluding hydrogens is 608 g/mol. The van der Waals surface area contributed by atoms with Crippen LogP contribution in [0.15, 0.2) is 54.6 Å². The summed E-state index contributed by atoms with van der Waals surface area (Å²) in [5.41, 5.74) is 8.04. The van der Waals surface area contributed by atoms with Crippen molar-refractivity contribution in [1.29, 1.82) is 0 Å². The quantitative estimate of drug-likeness (QED) is 0.135. The van der Waals surface area contributed by atoms with Gasteiger partial charge in [0.2, 0.25) is 0 Å². The Kier molecular flexibility index (Phi) is 10.3. The van der Waals surface area contributed by atoms with Crippen molar-refractivity contribution in [3.63, 3.8) is 0 Å². The maximum absolute atomic E-state index is 11.9. The third-order valence-electron chi connectivity index (χ3n) is 9.66. The number of hydrogen-bond acceptors (Lipinski definition) is 5. The molecule has 0 heterocycles. The fraction of sp³-hybridized carbons (Fsp3) is 0.455. The Balaban J connectivity index is 1.87. The zero-order chi connectivity index (χ0) is 36.9. The zero-order valence-electron chi connectivity index (χ0n) is 31.8. The van der Waals surface area contributed by atoms with E-state index in [1.54, 1.807) is 6.07 Å². The van der Waals surface area contributed by atoms with Crippen molar-refractivity contribution in [3.05, 3.63) is 116 Å². The average Bonchev–Trinajstić information content (AvgIpc) is 2.96. The minimum absolute atomic E-state index is 0.0385. The Hall–Kier alpha value is -3.96. The number of aliphatic hydroxyl groups is 1. The standard InChI is InChI=1S/C44H58O5/c1-41(2,3)33-13-14-37(46)26(18-33)15-27-19-34(42(4,5)6)20-28(38(27)47)16-29-21-35(43(7,8)9)22-30(39(29)48)17-31-23-36(44(10,11)12)24-32(25-45)40(31)49/h13-14,18-24,45-49H,15-17,25H2,1-12H3. The molecule has 0 radical (unpaired) electrons. The van der Waals surface area contributed by atoms with Crippen LogP contribution in [0.2, 0.25) is 0 Å². The lowest BCUT2D eigenvalue weighted by Gasteiger charge is -2.25. The first-order valence-electron chi connectivity index (χ1n) is 17.4. The van der Waals surface area contributed by atoms with Crippen molar-refractivity contribution in [1.82, 2.24) is 0 Å². The van der Waals surface area contributed by atoms with Gasteiger partial charge >= 0.3 is 0 Å². The molecule has 0 fully saturated rings. The van der Waals surface area contributed by atoms with Gasteiger partial charge in [0, 0.05) is 24.8 Å². The van der Waals surface area contributed by atoms with Crippen LogP contribution in [0.3, 0.4) is 0 Å². The number of phenolic OH excluding ortho intramolecular Hbond substituents is 3. The molecule has 4 rings (SSSR count). The third-order valence-corrected chi connectivity index (χ3v) is 9.66. The van der Waals surface area contributed by atoms with E-state index in [1.807, 2.05) is 48.5 Å². The van der Waals surface area contributed by atoms with Crippen molar-refractivity contribution < 1.29 is 25.5 Å². The van der Waals surface area contributed by atoms with Gasteiger partial charge in [0.1, 0.15) is 23.0 Å². The summed E-state index contributed by atoms with van der Waals surface area (Å²) in [4.78, 5) is 0. The topological polar surface area (TPSA) is 101 Å². The van der Waals surface area contributed by atoms with E-state index in [0.717, 1.165) is 33.4 Å². The minimum atomic E-state index is -0.286. The van der Waals surface area contributed by atoms with E-state index in [0.29, 0.717) is 34.2 Å². The molecule has 0 saturated carbocycles. The number of aliphatic hydroxyl groups excluding tert-OH is 1. The SMILES string of the molecule is CC(C)(C)c1ccc(O)c(Cc2cc(C(C)(C)C)cc(Cc3cc(C(C)(C)C)cc(Cc4cc(C(C)(C)C)cc(CO)c4O)c3O)c2O)c1. The van der Waals surface area contributed by atoms with Crippen LogP contribution < -0.4 is 0 Å². The smallest absolute Gasteiger partial charge is 0.124 e. The number of benzene rings is 4. The summed E-state index contributed by atoms with van der Waals surface area (Å²) in [6.07, 6.45) is 0.915. The molecular formula is C44H58O5. The van der Waals surface area contributed by atoms with Crippen LogP contribution in [0.4, 0.5) is 0 Å². The predicted molar refractivity (Wildman–Crippen MR) is 202 cm³/mol. The summed E-state index contributed by atoms with van der Waals surface area (Å²) in [7, 11) is 0. The number of aromatic hydroxyl groups is 4. The summed E-state index contributed by atoms with van der Waals surface area (Å²) >= 11 is 0. The van der Waals surface area contributed by atoms with E-state index in [9.17, 15) is 25.5 Å². The number of phenols is 4. The minimum Gasteiger partial charge on any atom is -0.508 e. The molecule has 0 amide bonds. The second-order valence-electron chi connectivity index (χ2n) is 18.0. The highest BCUT2D eigenvalue weighted by molar-refractivity contribution is 5.56. The summed E-state index contributed by atoms with van der Waals surface area (Å²) < 4.78 is 0. The first-order valence-corrected chi connectivity index (χ1v) is 17.4. The molecule has 0 aliphatic heterocycles. The van der Waals surface area contributed by atoms with Crippen LogP contribution in [0.25, 0.3) is 0 Å². The van der Waals surface area contributed by atoms with Gasteiger partial charge in [-0.25, -0.2) is 0 Å². The molecule has 0 aliphatic rings. The number of rotatable bonds is 7. The predicted octanol–water partition coefficient (Wildman–Crippen LogP) is 9.96. The zero-order valence-corrected chi connectivity index (χ0v) is 31.8. The summed E-state index contributed by atoms with van der Waals surface area (Å²) in [5.74, 6) is 0.505. The van der Waals surface area contributed by atoms with Gasteiger partial charge in [-0.15, -0.1) is 0 Å². The molecule has 5 N–H and O–H groups in total. The molecule has 5 heteroatoms. The first kappa shape index (κ1) is 37.9. The molecule has 264 valence electrons. The molecule has 0 saturated heterocycles. The van der Waals surface area contributed by atoms with Crippen LogP contribution in [-0.2, 0) is 47.5 Å². The summed E-state index contributed by atoms with van der Waals surface area (Å²) in [6.45, 7) is 25.2. The van der Waals surface area contributed by atoms with Crippen molar-refractivity contribution in [2.75, 3.05) is 0 Å². The maximum Gasteiger partial charge on any atom is 0.124 e. The van der Waals surface area contributed by atoms with Gasteiger partial charge in [0.05, 0.1) is 6.61 Å². The van der Waals surface area contributed by atoms with E-state index in [-0.39, 0.29) is 64.1 Å². The summed E-state index contributed by atoms with van der Waals surface area (Å²) in [5, 5.41) is 55.7. The fourth-order valence-corrected chi connectivity index (χ4v) is 6.18. The largest absolute Gasteiger partial charge is 0.508 e. The van der Waals surface area contributed by atoms with Crippen molar-refractivity contribution in [3.8, 4) is 23.0 Å². The highest BCUT2D eigenvalue weighted by Gasteiger charge is 2.25. The molecule has 0 atom stereocenters. The molecule has 0 aliphatic carbocycles. The highest BCUT2D eigenvalue weighted by atomic mass is 16.3. The molecule has 4 aromatic carbocycles. The third kappa shape index (κ3) is 8.62. The highest BCUT2D eigenvalue weighted by Crippen LogP contribution is 2.40.